The smallest absolute Gasteiger partial charge is 0.319 e. The highest BCUT2D eigenvalue weighted by Crippen LogP contribution is 2.26. The highest BCUT2D eigenvalue weighted by molar-refractivity contribution is 8.06. The van der Waals surface area contributed by atoms with Gasteiger partial charge < -0.3 is 29.4 Å². The Labute approximate surface area is 133 Å². The van der Waals surface area contributed by atoms with Crippen LogP contribution < -0.4 is 0 Å². The van der Waals surface area contributed by atoms with E-state index in [1.807, 2.05) is 6.07 Å². The van der Waals surface area contributed by atoms with Gasteiger partial charge in [0.2, 0.25) is 0 Å². The topological polar surface area (TPSA) is 121 Å². The molecular weight excluding hydrogens is 345 g/mol. The van der Waals surface area contributed by atoms with E-state index in [1.165, 1.54) is 5.56 Å². The Kier molecular flexibility index (Phi) is 16.4. The minimum Gasteiger partial charge on any atom is -0.325 e. The summed E-state index contributed by atoms with van der Waals surface area (Å²) in [6.07, 6.45) is 1.14. The minimum atomic E-state index is -3.81. The fraction of sp³-hybridized carbons (Fsp3) is 0.250. The van der Waals surface area contributed by atoms with Crippen molar-refractivity contribution in [3.63, 3.8) is 0 Å². The molecule has 19 heavy (non-hydrogen) atoms. The lowest BCUT2D eigenvalue weighted by molar-refractivity contribution is 0.361. The molecule has 11 heteroatoms. The molecule has 1 aromatic rings. The van der Waals surface area contributed by atoms with Gasteiger partial charge in [0.1, 0.15) is 0 Å². The van der Waals surface area contributed by atoms with Crippen molar-refractivity contribution in [2.24, 2.45) is 0 Å². The van der Waals surface area contributed by atoms with Crippen LogP contribution in [0.1, 0.15) is 12.5 Å². The van der Waals surface area contributed by atoms with Crippen molar-refractivity contribution in [3.8, 4) is 0 Å². The molecule has 0 saturated heterocycles. The van der Waals surface area contributed by atoms with Gasteiger partial charge in [-0.1, -0.05) is 37.3 Å². The quantitative estimate of drug-likeness (QED) is 0.290. The Morgan fingerprint density at radius 3 is 1.26 bits per heavy atom. The summed E-state index contributed by atoms with van der Waals surface area (Å²) in [7, 11) is 0. The van der Waals surface area contributed by atoms with Crippen LogP contribution in [0.2, 0.25) is 0 Å². The van der Waals surface area contributed by atoms with Crippen molar-refractivity contribution >= 4 is 54.4 Å². The predicted octanol–water partition coefficient (Wildman–Crippen LogP) is -0.559. The Hall–Kier alpha value is 0.812. The van der Waals surface area contributed by atoms with Crippen LogP contribution in [0.5, 0.6) is 0 Å². The molecule has 0 aliphatic carbocycles. The van der Waals surface area contributed by atoms with Gasteiger partial charge >= 0.3 is 13.4 Å². The third-order valence-electron chi connectivity index (χ3n) is 1.25. The van der Waals surface area contributed by atoms with Crippen LogP contribution in [0.3, 0.4) is 0 Å². The van der Waals surface area contributed by atoms with E-state index in [4.69, 9.17) is 29.4 Å². The molecule has 0 unspecified atom stereocenters. The Bertz CT molecular complexity index is 370. The zero-order valence-corrected chi connectivity index (χ0v) is 12.9. The van der Waals surface area contributed by atoms with E-state index < -0.39 is 13.4 Å². The minimum absolute atomic E-state index is 0. The molecule has 0 aliphatic rings. The van der Waals surface area contributed by atoms with E-state index in [0.717, 1.165) is 6.42 Å². The second-order valence-electron chi connectivity index (χ2n) is 2.87. The van der Waals surface area contributed by atoms with Crippen LogP contribution in [0.4, 0.5) is 0 Å². The molecule has 1 aromatic carbocycles. The molecule has 0 amide bonds. The van der Waals surface area contributed by atoms with Gasteiger partial charge in [0.15, 0.2) is 17.4 Å². The van der Waals surface area contributed by atoms with Gasteiger partial charge in [-0.3, -0.25) is 0 Å². The molecule has 6 N–H and O–H groups in total. The third kappa shape index (κ3) is 45.5. The predicted molar refractivity (Wildman–Crippen MR) is 87.6 cm³/mol. The summed E-state index contributed by atoms with van der Waals surface area (Å²) in [6, 6.07) is 10.5. The molecule has 0 aromatic heterocycles. The normalized spacial score (nSPS) is 10.1. The number of benzene rings is 1. The lowest BCUT2D eigenvalue weighted by atomic mass is 10.2. The van der Waals surface area contributed by atoms with Gasteiger partial charge in [-0.25, -0.2) is 0 Å². The van der Waals surface area contributed by atoms with Crippen LogP contribution in [-0.4, -0.2) is 46.7 Å². The summed E-state index contributed by atoms with van der Waals surface area (Å²) < 4.78 is 0. The highest BCUT2D eigenvalue weighted by Gasteiger charge is 1.92. The molecule has 0 radical (unpaired) electrons. The lowest BCUT2D eigenvalue weighted by Crippen LogP contribution is -1.73. The lowest BCUT2D eigenvalue weighted by Gasteiger charge is -1.89. The van der Waals surface area contributed by atoms with E-state index >= 15 is 0 Å². The largest absolute Gasteiger partial charge is 0.325 e. The second kappa shape index (κ2) is 12.5. The first-order valence-electron chi connectivity index (χ1n) is 4.54. The summed E-state index contributed by atoms with van der Waals surface area (Å²) >= 11 is 7.21. The maximum Gasteiger partial charge on any atom is 0.319 e. The van der Waals surface area contributed by atoms with E-state index in [1.54, 1.807) is 0 Å². The van der Waals surface area contributed by atoms with E-state index in [-0.39, 0.29) is 17.4 Å². The number of hydrogen-bond acceptors (Lipinski definition) is 2. The monoisotopic (exact) mass is 364 g/mol. The summed E-state index contributed by atoms with van der Waals surface area (Å²) in [4.78, 5) is 45.3. The van der Waals surface area contributed by atoms with E-state index in [2.05, 4.69) is 54.8 Å². The zero-order valence-electron chi connectivity index (χ0n) is 9.49. The molecule has 0 fully saturated rings. The standard InChI is InChI=1S/C8H10.Al.2H3O3PS.3H/c1-2-8-6-4-3-5-7-8;;2*1-4(2,3)5;;;/h3-7H,2H2,1H3;;2*(H3,1,2,3,5);;;. The van der Waals surface area contributed by atoms with Gasteiger partial charge in [-0.2, -0.15) is 0 Å². The zero-order chi connectivity index (χ0) is 14.8. The Morgan fingerprint density at radius 1 is 0.842 bits per heavy atom. The van der Waals surface area contributed by atoms with Crippen molar-refractivity contribution in [2.45, 2.75) is 13.3 Å². The second-order valence-corrected chi connectivity index (χ2v) is 7.86. The van der Waals surface area contributed by atoms with Crippen molar-refractivity contribution in [1.29, 1.82) is 0 Å². The van der Waals surface area contributed by atoms with Crippen LogP contribution in [0, 0.1) is 0 Å². The van der Waals surface area contributed by atoms with Gasteiger partial charge in [0.05, 0.1) is 0 Å². The molecule has 0 heterocycles. The summed E-state index contributed by atoms with van der Waals surface area (Å²) in [5.74, 6) is 0. The maximum atomic E-state index is 7.56. The van der Waals surface area contributed by atoms with Gasteiger partial charge in [0, 0.05) is 0 Å². The van der Waals surface area contributed by atoms with Crippen LogP contribution in [-0.2, 0) is 30.0 Å². The average molecular weight is 364 g/mol. The van der Waals surface area contributed by atoms with Crippen molar-refractivity contribution in [2.75, 3.05) is 0 Å². The fourth-order valence-electron chi connectivity index (χ4n) is 0.714. The molecule has 6 nitrogen and oxygen atoms in total. The van der Waals surface area contributed by atoms with Crippen LogP contribution in [0.25, 0.3) is 0 Å². The van der Waals surface area contributed by atoms with Crippen LogP contribution in [0.15, 0.2) is 30.3 Å². The number of hydrogen-bond donors (Lipinski definition) is 6. The highest BCUT2D eigenvalue weighted by atomic mass is 32.5. The summed E-state index contributed by atoms with van der Waals surface area (Å²) in [5, 5.41) is 0. The Balaban J connectivity index is -0.000000208. The molecule has 0 bridgehead atoms. The van der Waals surface area contributed by atoms with Gasteiger partial charge in [0.25, 0.3) is 0 Å². The average Bonchev–Trinajstić information content (AvgIpc) is 2.14. The van der Waals surface area contributed by atoms with Crippen LogP contribution >= 0.6 is 13.4 Å². The van der Waals surface area contributed by atoms with Gasteiger partial charge in [-0.05, 0) is 35.6 Å². The summed E-state index contributed by atoms with van der Waals surface area (Å²) in [6.45, 7) is -5.45. The number of rotatable bonds is 1. The maximum absolute atomic E-state index is 7.56. The Morgan fingerprint density at radius 2 is 1.11 bits per heavy atom. The molecule has 0 spiro atoms. The van der Waals surface area contributed by atoms with E-state index in [9.17, 15) is 0 Å². The van der Waals surface area contributed by atoms with Crippen molar-refractivity contribution in [1.82, 2.24) is 0 Å². The van der Waals surface area contributed by atoms with E-state index in [0.29, 0.717) is 0 Å². The molecule has 0 atom stereocenters. The first-order valence-corrected chi connectivity index (χ1v) is 9.86. The molecule has 1 rings (SSSR count). The SMILES string of the molecule is CCc1ccccc1.OP(O)(O)=S.OP(O)(O)=S.[AlH3]. The third-order valence-corrected chi connectivity index (χ3v) is 1.25. The number of aryl methyl sites for hydroxylation is 1. The summed E-state index contributed by atoms with van der Waals surface area (Å²) in [5.41, 5.74) is 1.41. The van der Waals surface area contributed by atoms with Crippen molar-refractivity contribution in [3.05, 3.63) is 35.9 Å². The van der Waals surface area contributed by atoms with Crippen molar-refractivity contribution < 1.29 is 29.4 Å². The molecule has 0 saturated carbocycles. The molecular formula is C8H19AlO6P2S2. The fourth-order valence-corrected chi connectivity index (χ4v) is 0.714. The molecule has 112 valence electrons. The van der Waals surface area contributed by atoms with Gasteiger partial charge in [-0.15, -0.1) is 0 Å². The first kappa shape index (κ1) is 24.8. The first-order chi connectivity index (χ1) is 7.93. The molecule has 0 aliphatic heterocycles.